The number of nitrogens with zero attached hydrogens (tertiary/aromatic N) is 1. The van der Waals surface area contributed by atoms with Crippen molar-refractivity contribution in [3.63, 3.8) is 0 Å². The number of nitrogens with one attached hydrogen (secondary N) is 2. The van der Waals surface area contributed by atoms with E-state index in [2.05, 4.69) is 26.0 Å². The third-order valence-corrected chi connectivity index (χ3v) is 8.55. The number of hydrogen-bond donors (Lipinski definition) is 2. The van der Waals surface area contributed by atoms with E-state index in [1.165, 1.54) is 50.5 Å². The van der Waals surface area contributed by atoms with Gasteiger partial charge in [0, 0.05) is 30.8 Å². The lowest BCUT2D eigenvalue weighted by molar-refractivity contribution is -0.123. The molecule has 0 saturated carbocycles. The quantitative estimate of drug-likeness (QED) is 0.379. The number of carbonyl (C=O) groups is 1. The van der Waals surface area contributed by atoms with Crippen LogP contribution in [0.15, 0.2) is 87.1 Å². The van der Waals surface area contributed by atoms with E-state index in [1.54, 1.807) is 36.4 Å². The minimum absolute atomic E-state index is 0.0527. The van der Waals surface area contributed by atoms with Gasteiger partial charge in [-0.3, -0.25) is 9.52 Å². The summed E-state index contributed by atoms with van der Waals surface area (Å²) in [5.41, 5.74) is 1.16. The normalized spacial score (nSPS) is 11.8. The second kappa shape index (κ2) is 11.2. The summed E-state index contributed by atoms with van der Waals surface area (Å²) < 4.78 is 59.1. The summed E-state index contributed by atoms with van der Waals surface area (Å²) in [5.74, 6) is -0.0513. The Labute approximate surface area is 213 Å². The summed E-state index contributed by atoms with van der Waals surface area (Å²) in [6.07, 6.45) is 0. The number of ether oxygens (including phenoxy) is 1. The number of carbonyl (C=O) groups excluding carboxylic acids is 1. The highest BCUT2D eigenvalue weighted by Crippen LogP contribution is 2.21. The molecule has 0 aliphatic heterocycles. The predicted molar refractivity (Wildman–Crippen MR) is 136 cm³/mol. The molecule has 0 aliphatic rings. The van der Waals surface area contributed by atoms with Crippen LogP contribution in [-0.2, 0) is 31.4 Å². The molecule has 186 valence electrons. The zero-order chi connectivity index (χ0) is 25.6. The van der Waals surface area contributed by atoms with Crippen LogP contribution in [0, 0.1) is 0 Å². The smallest absolute Gasteiger partial charge is 0.261 e. The van der Waals surface area contributed by atoms with E-state index in [1.807, 2.05) is 0 Å². The molecule has 0 heterocycles. The van der Waals surface area contributed by atoms with Gasteiger partial charge in [-0.25, -0.2) is 21.1 Å². The number of amides is 1. The summed E-state index contributed by atoms with van der Waals surface area (Å²) in [6, 6.07) is 18.6. The predicted octanol–water partition coefficient (Wildman–Crippen LogP) is 3.20. The van der Waals surface area contributed by atoms with Gasteiger partial charge < -0.3 is 10.1 Å². The fourth-order valence-electron chi connectivity index (χ4n) is 2.84. The topological polar surface area (TPSA) is 122 Å². The van der Waals surface area contributed by atoms with E-state index in [4.69, 9.17) is 4.74 Å². The first-order chi connectivity index (χ1) is 16.5. The molecule has 35 heavy (non-hydrogen) atoms. The number of benzene rings is 3. The molecule has 0 spiro atoms. The Morgan fingerprint density at radius 1 is 0.857 bits per heavy atom. The maximum absolute atomic E-state index is 12.5. The van der Waals surface area contributed by atoms with Crippen molar-refractivity contribution in [3.8, 4) is 5.75 Å². The van der Waals surface area contributed by atoms with E-state index in [0.717, 1.165) is 14.3 Å². The van der Waals surface area contributed by atoms with Crippen LogP contribution in [0.4, 0.5) is 5.69 Å². The lowest BCUT2D eigenvalue weighted by atomic mass is 10.2. The monoisotopic (exact) mass is 581 g/mol. The van der Waals surface area contributed by atoms with E-state index in [0.29, 0.717) is 11.4 Å². The fourth-order valence-corrected chi connectivity index (χ4v) is 5.06. The van der Waals surface area contributed by atoms with Crippen molar-refractivity contribution in [2.45, 2.75) is 16.3 Å². The van der Waals surface area contributed by atoms with Crippen molar-refractivity contribution in [1.82, 2.24) is 9.62 Å². The standard InChI is InChI=1S/C23H24BrN3O6S2/c1-27(2)35(31,32)22-11-3-17(4-12-22)15-25-23(28)16-33-20-9-13-21(14-10-20)34(29,30)26-19-7-5-18(24)6-8-19/h3-14,26H,15-16H2,1-2H3,(H,25,28). The van der Waals surface area contributed by atoms with Crippen molar-refractivity contribution in [2.24, 2.45) is 0 Å². The lowest BCUT2D eigenvalue weighted by Gasteiger charge is -2.12. The Balaban J connectivity index is 1.50. The Kier molecular flexibility index (Phi) is 8.54. The SMILES string of the molecule is CN(C)S(=O)(=O)c1ccc(CNC(=O)COc2ccc(S(=O)(=O)Nc3ccc(Br)cc3)cc2)cc1. The van der Waals surface area contributed by atoms with Crippen LogP contribution >= 0.6 is 15.9 Å². The van der Waals surface area contributed by atoms with Crippen molar-refractivity contribution in [3.05, 3.63) is 82.8 Å². The molecule has 12 heteroatoms. The molecule has 3 rings (SSSR count). The fraction of sp³-hybridized carbons (Fsp3) is 0.174. The molecule has 2 N–H and O–H groups in total. The molecule has 0 unspecified atom stereocenters. The highest BCUT2D eigenvalue weighted by atomic mass is 79.9. The van der Waals surface area contributed by atoms with Crippen LogP contribution in [-0.4, -0.2) is 47.8 Å². The van der Waals surface area contributed by atoms with Crippen molar-refractivity contribution < 1.29 is 26.4 Å². The number of sulfonamides is 2. The highest BCUT2D eigenvalue weighted by Gasteiger charge is 2.17. The summed E-state index contributed by atoms with van der Waals surface area (Å²) in [6.45, 7) is -0.0697. The molecule has 0 atom stereocenters. The molecule has 3 aromatic carbocycles. The van der Waals surface area contributed by atoms with Crippen LogP contribution in [0.1, 0.15) is 5.56 Å². The molecule has 0 fully saturated rings. The van der Waals surface area contributed by atoms with Crippen LogP contribution in [0.5, 0.6) is 5.75 Å². The van der Waals surface area contributed by atoms with Gasteiger partial charge >= 0.3 is 0 Å². The Morgan fingerprint density at radius 2 is 1.43 bits per heavy atom. The van der Waals surface area contributed by atoms with Crippen LogP contribution in [0.3, 0.4) is 0 Å². The van der Waals surface area contributed by atoms with Gasteiger partial charge in [0.1, 0.15) is 5.75 Å². The summed E-state index contributed by atoms with van der Waals surface area (Å²) in [5, 5.41) is 2.68. The van der Waals surface area contributed by atoms with Gasteiger partial charge in [0.2, 0.25) is 10.0 Å². The number of anilines is 1. The van der Waals surface area contributed by atoms with Crippen LogP contribution < -0.4 is 14.8 Å². The first kappa shape index (κ1) is 26.7. The van der Waals surface area contributed by atoms with Crippen LogP contribution in [0.25, 0.3) is 0 Å². The molecule has 0 radical (unpaired) electrons. The first-order valence-corrected chi connectivity index (χ1v) is 14.0. The highest BCUT2D eigenvalue weighted by molar-refractivity contribution is 9.10. The second-order valence-electron chi connectivity index (χ2n) is 7.58. The maximum atomic E-state index is 12.5. The zero-order valence-electron chi connectivity index (χ0n) is 18.9. The average Bonchev–Trinajstić information content (AvgIpc) is 2.83. The van der Waals surface area contributed by atoms with E-state index >= 15 is 0 Å². The molecule has 0 aromatic heterocycles. The third-order valence-electron chi connectivity index (χ3n) is 4.79. The molecule has 0 saturated heterocycles. The molecule has 9 nitrogen and oxygen atoms in total. The Bertz CT molecular complexity index is 1370. The Morgan fingerprint density at radius 3 is 2.00 bits per heavy atom. The average molecular weight is 582 g/mol. The van der Waals surface area contributed by atoms with Gasteiger partial charge in [0.25, 0.3) is 15.9 Å². The second-order valence-corrected chi connectivity index (χ2v) is 12.3. The molecule has 1 amide bonds. The Hall–Kier alpha value is -2.93. The molecule has 0 bridgehead atoms. The number of halogens is 1. The summed E-state index contributed by atoms with van der Waals surface area (Å²) in [4.78, 5) is 12.3. The lowest BCUT2D eigenvalue weighted by Crippen LogP contribution is -2.28. The minimum Gasteiger partial charge on any atom is -0.484 e. The third kappa shape index (κ3) is 7.28. The zero-order valence-corrected chi connectivity index (χ0v) is 22.2. The number of rotatable bonds is 10. The van der Waals surface area contributed by atoms with Gasteiger partial charge in [-0.2, -0.15) is 0 Å². The molecular formula is C23H24BrN3O6S2. The van der Waals surface area contributed by atoms with E-state index in [-0.39, 0.29) is 28.8 Å². The van der Waals surface area contributed by atoms with Gasteiger partial charge in [-0.1, -0.05) is 28.1 Å². The van der Waals surface area contributed by atoms with Crippen molar-refractivity contribution in [2.75, 3.05) is 25.4 Å². The van der Waals surface area contributed by atoms with Gasteiger partial charge in [0.05, 0.1) is 9.79 Å². The van der Waals surface area contributed by atoms with Gasteiger partial charge in [-0.05, 0) is 66.2 Å². The maximum Gasteiger partial charge on any atom is 0.261 e. The first-order valence-electron chi connectivity index (χ1n) is 10.3. The van der Waals surface area contributed by atoms with Crippen molar-refractivity contribution >= 4 is 47.6 Å². The van der Waals surface area contributed by atoms with E-state index < -0.39 is 20.0 Å². The largest absolute Gasteiger partial charge is 0.484 e. The van der Waals surface area contributed by atoms with E-state index in [9.17, 15) is 21.6 Å². The minimum atomic E-state index is -3.77. The van der Waals surface area contributed by atoms with Gasteiger partial charge in [-0.15, -0.1) is 0 Å². The van der Waals surface area contributed by atoms with Crippen LogP contribution in [0.2, 0.25) is 0 Å². The van der Waals surface area contributed by atoms with Gasteiger partial charge in [0.15, 0.2) is 6.61 Å². The molecular weight excluding hydrogens is 558 g/mol. The molecule has 0 aliphatic carbocycles. The summed E-state index contributed by atoms with van der Waals surface area (Å²) >= 11 is 3.30. The molecule has 3 aromatic rings. The summed E-state index contributed by atoms with van der Waals surface area (Å²) in [7, 11) is -4.37. The van der Waals surface area contributed by atoms with Crippen molar-refractivity contribution in [1.29, 1.82) is 0 Å². The number of hydrogen-bond acceptors (Lipinski definition) is 6.